The number of hydrogen-bond acceptors (Lipinski definition) is 3. The Hall–Kier alpha value is -1.39. The van der Waals surface area contributed by atoms with Crippen molar-refractivity contribution < 1.29 is 4.79 Å². The highest BCUT2D eigenvalue weighted by atomic mass is 35.5. The van der Waals surface area contributed by atoms with Gasteiger partial charge in [-0.05, 0) is 83.8 Å². The summed E-state index contributed by atoms with van der Waals surface area (Å²) in [5, 5.41) is 0.688. The highest BCUT2D eigenvalue weighted by Gasteiger charge is 2.60. The summed E-state index contributed by atoms with van der Waals surface area (Å²) in [6, 6.07) is 7.76. The number of anilines is 1. The molecule has 0 aromatic heterocycles. The Kier molecular flexibility index (Phi) is 5.30. The van der Waals surface area contributed by atoms with Crippen molar-refractivity contribution in [2.75, 3.05) is 18.0 Å². The molecule has 1 aliphatic carbocycles. The van der Waals surface area contributed by atoms with Gasteiger partial charge < -0.3 is 0 Å². The van der Waals surface area contributed by atoms with Crippen LogP contribution in [-0.4, -0.2) is 41.3 Å². The van der Waals surface area contributed by atoms with Gasteiger partial charge in [0.15, 0.2) is 0 Å². The van der Waals surface area contributed by atoms with Gasteiger partial charge in [0, 0.05) is 5.02 Å². The number of nitrogens with zero attached hydrogens (tertiary/aromatic N) is 3. The molecule has 3 fully saturated rings. The Morgan fingerprint density at radius 2 is 1.61 bits per heavy atom. The summed E-state index contributed by atoms with van der Waals surface area (Å²) in [7, 11) is 0. The first-order valence-electron chi connectivity index (χ1n) is 10.8. The van der Waals surface area contributed by atoms with Crippen LogP contribution >= 0.6 is 11.6 Å². The molecule has 4 rings (SSSR count). The highest BCUT2D eigenvalue weighted by Crippen LogP contribution is 2.50. The summed E-state index contributed by atoms with van der Waals surface area (Å²) in [6.45, 7) is 8.50. The molecular formula is C23H32ClN3O. The maximum absolute atomic E-state index is 14.0. The predicted octanol–water partition coefficient (Wildman–Crippen LogP) is 5.30. The highest BCUT2D eigenvalue weighted by molar-refractivity contribution is 6.31. The molecule has 0 N–H and O–H groups in total. The molecule has 0 radical (unpaired) electrons. The van der Waals surface area contributed by atoms with Crippen LogP contribution in [0.4, 0.5) is 5.69 Å². The van der Waals surface area contributed by atoms with E-state index in [0.29, 0.717) is 5.02 Å². The SMILES string of the molecule is CC(C)(C)N=C1C(N2CCCC2)C2(CCCCC2)C(=O)N1c1ccc(Cl)cc1. The second-order valence-electron chi connectivity index (χ2n) is 9.62. The molecule has 152 valence electrons. The summed E-state index contributed by atoms with van der Waals surface area (Å²) in [5.74, 6) is 1.19. The van der Waals surface area contributed by atoms with Crippen molar-refractivity contribution in [3.8, 4) is 0 Å². The maximum atomic E-state index is 14.0. The van der Waals surface area contributed by atoms with Gasteiger partial charge in [0.1, 0.15) is 5.84 Å². The number of amidine groups is 1. The van der Waals surface area contributed by atoms with Crippen molar-refractivity contribution in [3.05, 3.63) is 29.3 Å². The molecule has 5 heteroatoms. The molecule has 1 aromatic rings. The number of carbonyl (C=O) groups excluding carboxylic acids is 1. The lowest BCUT2D eigenvalue weighted by Gasteiger charge is -2.40. The van der Waals surface area contributed by atoms with Crippen LogP contribution in [0.2, 0.25) is 5.02 Å². The molecule has 1 amide bonds. The molecular weight excluding hydrogens is 370 g/mol. The third-order valence-electron chi connectivity index (χ3n) is 6.41. The van der Waals surface area contributed by atoms with E-state index in [4.69, 9.17) is 16.6 Å². The first-order chi connectivity index (χ1) is 13.3. The van der Waals surface area contributed by atoms with Gasteiger partial charge in [0.05, 0.1) is 22.7 Å². The third kappa shape index (κ3) is 3.50. The lowest BCUT2D eigenvalue weighted by Crippen LogP contribution is -2.50. The van der Waals surface area contributed by atoms with E-state index in [2.05, 4.69) is 25.7 Å². The molecule has 3 aliphatic rings. The monoisotopic (exact) mass is 401 g/mol. The minimum atomic E-state index is -0.327. The zero-order chi connectivity index (χ0) is 19.9. The summed E-state index contributed by atoms with van der Waals surface area (Å²) >= 11 is 6.13. The van der Waals surface area contributed by atoms with Crippen LogP contribution in [0.1, 0.15) is 65.7 Å². The number of rotatable bonds is 2. The van der Waals surface area contributed by atoms with Crippen LogP contribution in [0, 0.1) is 5.41 Å². The Morgan fingerprint density at radius 3 is 2.18 bits per heavy atom. The fourth-order valence-corrected chi connectivity index (χ4v) is 5.42. The fraction of sp³-hybridized carbons (Fsp3) is 0.652. The van der Waals surface area contributed by atoms with Crippen molar-refractivity contribution in [1.29, 1.82) is 0 Å². The predicted molar refractivity (Wildman–Crippen MR) is 116 cm³/mol. The Bertz CT molecular complexity index is 753. The largest absolute Gasteiger partial charge is 0.293 e. The maximum Gasteiger partial charge on any atom is 0.240 e. The van der Waals surface area contributed by atoms with E-state index in [1.165, 1.54) is 19.3 Å². The second-order valence-corrected chi connectivity index (χ2v) is 10.1. The Labute approximate surface area is 173 Å². The van der Waals surface area contributed by atoms with E-state index < -0.39 is 0 Å². The van der Waals surface area contributed by atoms with Gasteiger partial charge in [-0.3, -0.25) is 19.6 Å². The van der Waals surface area contributed by atoms with E-state index in [0.717, 1.165) is 50.3 Å². The Balaban J connectivity index is 1.87. The lowest BCUT2D eigenvalue weighted by molar-refractivity contribution is -0.129. The van der Waals surface area contributed by atoms with Crippen molar-refractivity contribution in [1.82, 2.24) is 4.90 Å². The van der Waals surface area contributed by atoms with Gasteiger partial charge in [0.25, 0.3) is 0 Å². The van der Waals surface area contributed by atoms with Gasteiger partial charge in [0.2, 0.25) is 5.91 Å². The van der Waals surface area contributed by atoms with Crippen molar-refractivity contribution in [2.45, 2.75) is 77.3 Å². The van der Waals surface area contributed by atoms with E-state index in [1.54, 1.807) is 0 Å². The molecule has 2 aliphatic heterocycles. The number of carbonyl (C=O) groups is 1. The summed E-state index contributed by atoms with van der Waals surface area (Å²) in [6.07, 6.45) is 7.87. The van der Waals surface area contributed by atoms with E-state index >= 15 is 0 Å². The average Bonchev–Trinajstić information content (AvgIpc) is 3.23. The fourth-order valence-electron chi connectivity index (χ4n) is 5.29. The normalized spacial score (nSPS) is 27.3. The molecule has 4 nitrogen and oxygen atoms in total. The number of hydrogen-bond donors (Lipinski definition) is 0. The molecule has 1 spiro atoms. The molecule has 1 saturated carbocycles. The van der Waals surface area contributed by atoms with E-state index in [1.807, 2.05) is 29.2 Å². The summed E-state index contributed by atoms with van der Waals surface area (Å²) in [5.41, 5.74) is 0.328. The zero-order valence-electron chi connectivity index (χ0n) is 17.4. The van der Waals surface area contributed by atoms with Crippen molar-refractivity contribution in [3.63, 3.8) is 0 Å². The summed E-state index contributed by atoms with van der Waals surface area (Å²) in [4.78, 5) is 23.7. The van der Waals surface area contributed by atoms with Gasteiger partial charge >= 0.3 is 0 Å². The number of halogens is 1. The number of amides is 1. The Morgan fingerprint density at radius 1 is 1.00 bits per heavy atom. The van der Waals surface area contributed by atoms with Crippen molar-refractivity contribution in [2.24, 2.45) is 10.4 Å². The average molecular weight is 402 g/mol. The second kappa shape index (κ2) is 7.46. The number of benzene rings is 1. The third-order valence-corrected chi connectivity index (χ3v) is 6.66. The smallest absolute Gasteiger partial charge is 0.240 e. The van der Waals surface area contributed by atoms with E-state index in [9.17, 15) is 4.79 Å². The lowest BCUT2D eigenvalue weighted by atomic mass is 9.69. The van der Waals surface area contributed by atoms with Gasteiger partial charge in [-0.15, -0.1) is 0 Å². The first-order valence-corrected chi connectivity index (χ1v) is 11.1. The first kappa shape index (κ1) is 19.9. The van der Waals surface area contributed by atoms with Gasteiger partial charge in [-0.25, -0.2) is 0 Å². The van der Waals surface area contributed by atoms with Gasteiger partial charge in [-0.2, -0.15) is 0 Å². The minimum Gasteiger partial charge on any atom is -0.293 e. The van der Waals surface area contributed by atoms with Crippen LogP contribution in [0.5, 0.6) is 0 Å². The van der Waals surface area contributed by atoms with Crippen LogP contribution in [0.25, 0.3) is 0 Å². The standard InChI is InChI=1S/C23H32ClN3O/c1-22(2,3)25-20-19(26-15-7-8-16-26)23(13-5-4-6-14-23)21(28)27(20)18-11-9-17(24)10-12-18/h9-12,19H,4-8,13-16H2,1-3H3. The molecule has 1 atom stereocenters. The summed E-state index contributed by atoms with van der Waals surface area (Å²) < 4.78 is 0. The van der Waals surface area contributed by atoms with Crippen LogP contribution in [-0.2, 0) is 4.79 Å². The quantitative estimate of drug-likeness (QED) is 0.674. The van der Waals surface area contributed by atoms with Crippen LogP contribution < -0.4 is 4.90 Å². The molecule has 28 heavy (non-hydrogen) atoms. The molecule has 2 heterocycles. The minimum absolute atomic E-state index is 0.0951. The van der Waals surface area contributed by atoms with Crippen molar-refractivity contribution >= 4 is 29.0 Å². The molecule has 1 unspecified atom stereocenters. The van der Waals surface area contributed by atoms with Crippen LogP contribution in [0.3, 0.4) is 0 Å². The topological polar surface area (TPSA) is 35.9 Å². The molecule has 1 aromatic carbocycles. The van der Waals surface area contributed by atoms with Gasteiger partial charge in [-0.1, -0.05) is 30.9 Å². The molecule has 0 bridgehead atoms. The van der Waals surface area contributed by atoms with E-state index in [-0.39, 0.29) is 22.9 Å². The zero-order valence-corrected chi connectivity index (χ0v) is 18.1. The van der Waals surface area contributed by atoms with Crippen LogP contribution in [0.15, 0.2) is 29.3 Å². The molecule has 2 saturated heterocycles. The number of aliphatic imine (C=N–C) groups is 1. The number of likely N-dealkylation sites (tertiary alicyclic amines) is 1.